The molecule has 2 N–H and O–H groups in total. The lowest BCUT2D eigenvalue weighted by atomic mass is 9.92. The third kappa shape index (κ3) is 2.36. The first kappa shape index (κ1) is 14.3. The van der Waals surface area contributed by atoms with Gasteiger partial charge in [0.1, 0.15) is 5.54 Å². The number of carboxylic acids is 1. The molecule has 2 saturated heterocycles. The van der Waals surface area contributed by atoms with Gasteiger partial charge in [0, 0.05) is 25.2 Å². The van der Waals surface area contributed by atoms with Crippen LogP contribution in [-0.2, 0) is 4.79 Å². The van der Waals surface area contributed by atoms with E-state index in [-0.39, 0.29) is 0 Å². The molecule has 1 saturated carbocycles. The van der Waals surface area contributed by atoms with Crippen molar-refractivity contribution in [3.63, 3.8) is 0 Å². The second-order valence-electron chi connectivity index (χ2n) is 6.88. The molecule has 3 rings (SSSR count). The lowest BCUT2D eigenvalue weighted by molar-refractivity contribution is -0.146. The molecular formula is C15H27N3O2. The molecule has 0 spiro atoms. The van der Waals surface area contributed by atoms with Crippen molar-refractivity contribution in [3.8, 4) is 0 Å². The van der Waals surface area contributed by atoms with Crippen molar-refractivity contribution in [2.24, 2.45) is 5.92 Å². The summed E-state index contributed by atoms with van der Waals surface area (Å²) < 4.78 is 0. The van der Waals surface area contributed by atoms with E-state index in [1.165, 1.54) is 19.3 Å². The molecule has 3 aliphatic rings. The molecule has 0 radical (unpaired) electrons. The second kappa shape index (κ2) is 5.28. The summed E-state index contributed by atoms with van der Waals surface area (Å²) in [6.07, 6.45) is 5.85. The maximum atomic E-state index is 11.8. The Bertz CT molecular complexity index is 385. The summed E-state index contributed by atoms with van der Waals surface area (Å²) in [6.45, 7) is 2.71. The average Bonchev–Trinajstić information content (AvgIpc) is 3.18. The molecule has 3 unspecified atom stereocenters. The number of hydrogen-bond donors (Lipinski definition) is 2. The molecule has 20 heavy (non-hydrogen) atoms. The van der Waals surface area contributed by atoms with E-state index in [0.717, 1.165) is 25.9 Å². The zero-order chi connectivity index (χ0) is 14.3. The molecule has 3 atom stereocenters. The largest absolute Gasteiger partial charge is 0.480 e. The van der Waals surface area contributed by atoms with Crippen LogP contribution in [0.4, 0.5) is 0 Å². The number of likely N-dealkylation sites (N-methyl/N-ethyl adjacent to an activating group) is 2. The first-order chi connectivity index (χ1) is 9.56. The van der Waals surface area contributed by atoms with E-state index in [2.05, 4.69) is 22.2 Å². The molecule has 114 valence electrons. The van der Waals surface area contributed by atoms with Crippen molar-refractivity contribution in [2.45, 2.75) is 49.7 Å². The van der Waals surface area contributed by atoms with Crippen molar-refractivity contribution in [3.05, 3.63) is 0 Å². The van der Waals surface area contributed by atoms with Gasteiger partial charge in [0.15, 0.2) is 0 Å². The third-order valence-corrected chi connectivity index (χ3v) is 5.81. The van der Waals surface area contributed by atoms with Crippen molar-refractivity contribution < 1.29 is 9.90 Å². The Kier molecular flexibility index (Phi) is 3.77. The van der Waals surface area contributed by atoms with E-state index in [1.807, 2.05) is 7.05 Å². The van der Waals surface area contributed by atoms with Crippen molar-refractivity contribution in [2.75, 3.05) is 33.7 Å². The smallest absolute Gasteiger partial charge is 0.325 e. The SMILES string of the molecule is CNC(CN1CCC2CCC(C1)N2C)(C(=O)O)C1CC1. The highest BCUT2D eigenvalue weighted by molar-refractivity contribution is 5.80. The Hall–Kier alpha value is -0.650. The number of rotatable bonds is 5. The quantitative estimate of drug-likeness (QED) is 0.773. The van der Waals surface area contributed by atoms with Crippen LogP contribution in [0.15, 0.2) is 0 Å². The van der Waals surface area contributed by atoms with Crippen LogP contribution in [0, 0.1) is 5.92 Å². The molecule has 2 bridgehead atoms. The fourth-order valence-electron chi connectivity index (χ4n) is 4.21. The number of carbonyl (C=O) groups is 1. The highest BCUT2D eigenvalue weighted by atomic mass is 16.4. The molecule has 0 aromatic heterocycles. The number of nitrogens with zero attached hydrogens (tertiary/aromatic N) is 2. The minimum atomic E-state index is -0.734. The van der Waals surface area contributed by atoms with Gasteiger partial charge in [-0.1, -0.05) is 0 Å². The lowest BCUT2D eigenvalue weighted by Gasteiger charge is -2.36. The van der Waals surface area contributed by atoms with Crippen molar-refractivity contribution in [1.82, 2.24) is 15.1 Å². The molecule has 1 aliphatic carbocycles. The maximum Gasteiger partial charge on any atom is 0.325 e. The summed E-state index contributed by atoms with van der Waals surface area (Å²) in [7, 11) is 4.04. The van der Waals surface area contributed by atoms with E-state index in [1.54, 1.807) is 0 Å². The third-order valence-electron chi connectivity index (χ3n) is 5.81. The minimum Gasteiger partial charge on any atom is -0.480 e. The Morgan fingerprint density at radius 3 is 2.55 bits per heavy atom. The number of hydrogen-bond acceptors (Lipinski definition) is 4. The topological polar surface area (TPSA) is 55.8 Å². The number of aliphatic carboxylic acids is 1. The monoisotopic (exact) mass is 281 g/mol. The number of nitrogens with one attached hydrogen (secondary N) is 1. The van der Waals surface area contributed by atoms with E-state index >= 15 is 0 Å². The summed E-state index contributed by atoms with van der Waals surface area (Å²) in [5.41, 5.74) is -0.734. The second-order valence-corrected chi connectivity index (χ2v) is 6.88. The van der Waals surface area contributed by atoms with Gasteiger partial charge < -0.3 is 10.4 Å². The van der Waals surface area contributed by atoms with Gasteiger partial charge >= 0.3 is 5.97 Å². The highest BCUT2D eigenvalue weighted by Crippen LogP contribution is 2.41. The summed E-state index contributed by atoms with van der Waals surface area (Å²) in [6, 6.07) is 1.32. The predicted octanol–water partition coefficient (Wildman–Crippen LogP) is 0.608. The van der Waals surface area contributed by atoms with Crippen LogP contribution in [-0.4, -0.2) is 72.2 Å². The molecule has 0 aromatic rings. The van der Waals surface area contributed by atoms with Crippen LogP contribution < -0.4 is 5.32 Å². The van der Waals surface area contributed by atoms with Gasteiger partial charge in [0.05, 0.1) is 0 Å². The minimum absolute atomic E-state index is 0.308. The normalized spacial score (nSPS) is 34.7. The Morgan fingerprint density at radius 1 is 1.25 bits per heavy atom. The standard InChI is InChI=1S/C15H27N3O2/c1-16-15(14(19)20,11-3-4-11)10-18-8-7-12-5-6-13(9-18)17(12)2/h11-13,16H,3-10H2,1-2H3,(H,19,20). The summed E-state index contributed by atoms with van der Waals surface area (Å²) in [5, 5.41) is 12.9. The van der Waals surface area contributed by atoms with Crippen molar-refractivity contribution >= 4 is 5.97 Å². The molecule has 0 aromatic carbocycles. The summed E-state index contributed by atoms with van der Waals surface area (Å²) in [5.74, 6) is -0.367. The zero-order valence-electron chi connectivity index (χ0n) is 12.6. The van der Waals surface area contributed by atoms with E-state index in [0.29, 0.717) is 24.5 Å². The Morgan fingerprint density at radius 2 is 1.95 bits per heavy atom. The average molecular weight is 281 g/mol. The predicted molar refractivity (Wildman–Crippen MR) is 77.8 cm³/mol. The summed E-state index contributed by atoms with van der Waals surface area (Å²) >= 11 is 0. The number of likely N-dealkylation sites (tertiary alicyclic amines) is 1. The van der Waals surface area contributed by atoms with Crippen LogP contribution >= 0.6 is 0 Å². The fourth-order valence-corrected chi connectivity index (χ4v) is 4.21. The lowest BCUT2D eigenvalue weighted by Crippen LogP contribution is -2.60. The summed E-state index contributed by atoms with van der Waals surface area (Å²) in [4.78, 5) is 16.7. The molecular weight excluding hydrogens is 254 g/mol. The molecule has 2 aliphatic heterocycles. The van der Waals surface area contributed by atoms with Gasteiger partial charge in [-0.05, 0) is 58.7 Å². The maximum absolute atomic E-state index is 11.8. The Balaban J connectivity index is 1.71. The Labute approximate surface area is 121 Å². The number of carboxylic acid groups (broad SMARTS) is 1. The fraction of sp³-hybridized carbons (Fsp3) is 0.933. The van der Waals surface area contributed by atoms with Gasteiger partial charge in [-0.2, -0.15) is 0 Å². The molecule has 2 heterocycles. The molecule has 5 nitrogen and oxygen atoms in total. The molecule has 0 amide bonds. The van der Waals surface area contributed by atoms with Gasteiger partial charge in [0.2, 0.25) is 0 Å². The van der Waals surface area contributed by atoms with Gasteiger partial charge in [-0.15, -0.1) is 0 Å². The van der Waals surface area contributed by atoms with Crippen LogP contribution in [0.25, 0.3) is 0 Å². The zero-order valence-corrected chi connectivity index (χ0v) is 12.6. The molecule has 3 fully saturated rings. The van der Waals surface area contributed by atoms with Crippen LogP contribution in [0.5, 0.6) is 0 Å². The van der Waals surface area contributed by atoms with Gasteiger partial charge in [-0.25, -0.2) is 0 Å². The van der Waals surface area contributed by atoms with E-state index in [9.17, 15) is 9.90 Å². The highest BCUT2D eigenvalue weighted by Gasteiger charge is 2.51. The van der Waals surface area contributed by atoms with E-state index < -0.39 is 11.5 Å². The van der Waals surface area contributed by atoms with Gasteiger partial charge in [0.25, 0.3) is 0 Å². The van der Waals surface area contributed by atoms with Crippen LogP contribution in [0.3, 0.4) is 0 Å². The number of fused-ring (bicyclic) bond motifs is 2. The van der Waals surface area contributed by atoms with Crippen LogP contribution in [0.2, 0.25) is 0 Å². The molecule has 5 heteroatoms. The first-order valence-corrected chi connectivity index (χ1v) is 7.93. The first-order valence-electron chi connectivity index (χ1n) is 7.93. The van der Waals surface area contributed by atoms with Crippen LogP contribution in [0.1, 0.15) is 32.1 Å². The van der Waals surface area contributed by atoms with Gasteiger partial charge in [-0.3, -0.25) is 14.6 Å². The van der Waals surface area contributed by atoms with E-state index in [4.69, 9.17) is 0 Å². The van der Waals surface area contributed by atoms with Crippen molar-refractivity contribution in [1.29, 1.82) is 0 Å².